The van der Waals surface area contributed by atoms with Crippen LogP contribution in [0.4, 0.5) is 0 Å². The van der Waals surface area contributed by atoms with Gasteiger partial charge in [0.2, 0.25) is 0 Å². The average Bonchev–Trinajstić information content (AvgIpc) is 2.40. The number of carboxylic acid groups (broad SMARTS) is 1. The fraction of sp³-hybridized carbons (Fsp3) is 0.857. The van der Waals surface area contributed by atoms with Crippen LogP contribution in [-0.4, -0.2) is 23.2 Å². The van der Waals surface area contributed by atoms with E-state index < -0.39 is 5.97 Å². The minimum atomic E-state index is -0.683. The molecule has 1 saturated carbocycles. The summed E-state index contributed by atoms with van der Waals surface area (Å²) in [7, 11) is 0. The molecule has 2 atom stereocenters. The molecule has 1 heterocycles. The molecule has 0 aromatic carbocycles. The van der Waals surface area contributed by atoms with E-state index in [0.29, 0.717) is 12.0 Å². The molecule has 2 fully saturated rings. The molecule has 0 amide bonds. The Morgan fingerprint density at radius 1 is 1.50 bits per heavy atom. The molecule has 1 aliphatic carbocycles. The summed E-state index contributed by atoms with van der Waals surface area (Å²) in [4.78, 5) is 10.4. The van der Waals surface area contributed by atoms with E-state index in [4.69, 9.17) is 5.11 Å². The smallest absolute Gasteiger partial charge is 0.322 e. The van der Waals surface area contributed by atoms with Crippen molar-refractivity contribution in [3.05, 3.63) is 0 Å². The van der Waals surface area contributed by atoms with Crippen molar-refractivity contribution in [2.45, 2.75) is 31.3 Å². The summed E-state index contributed by atoms with van der Waals surface area (Å²) in [5.74, 6) is -0.0157. The Balaban J connectivity index is 1.83. The topological polar surface area (TPSA) is 59.2 Å². The van der Waals surface area contributed by atoms with Gasteiger partial charge in [0.05, 0.1) is 0 Å². The molecule has 1 saturated heterocycles. The molecule has 10 heavy (non-hydrogen) atoms. The van der Waals surface area contributed by atoms with Gasteiger partial charge in [-0.05, 0) is 18.8 Å². The lowest BCUT2D eigenvalue weighted by molar-refractivity contribution is -0.136. The maximum atomic E-state index is 10.4. The predicted molar refractivity (Wildman–Crippen MR) is 35.7 cm³/mol. The first-order valence-corrected chi connectivity index (χ1v) is 3.78. The monoisotopic (exact) mass is 141 g/mol. The fourth-order valence-electron chi connectivity index (χ4n) is 1.58. The molecule has 0 aromatic heterocycles. The summed E-state index contributed by atoms with van der Waals surface area (Å²) in [5.41, 5.74) is 0. The van der Waals surface area contributed by atoms with E-state index in [0.717, 1.165) is 0 Å². The molecule has 0 bridgehead atoms. The standard InChI is InChI=1S/C7H11NO2/c9-7(10)6-5(8-6)4-2-1-3-4/h4-6,8H,1-3H2,(H,9,10). The van der Waals surface area contributed by atoms with Crippen molar-refractivity contribution >= 4 is 5.97 Å². The van der Waals surface area contributed by atoms with E-state index in [9.17, 15) is 4.79 Å². The quantitative estimate of drug-likeness (QED) is 0.540. The number of hydrogen-bond donors (Lipinski definition) is 2. The molecular formula is C7H11NO2. The minimum Gasteiger partial charge on any atom is -0.480 e. The van der Waals surface area contributed by atoms with Gasteiger partial charge in [-0.25, -0.2) is 0 Å². The fourth-order valence-corrected chi connectivity index (χ4v) is 1.58. The predicted octanol–water partition coefficient (Wildman–Crippen LogP) is 0.211. The average molecular weight is 141 g/mol. The van der Waals surface area contributed by atoms with E-state index in [-0.39, 0.29) is 6.04 Å². The lowest BCUT2D eigenvalue weighted by atomic mass is 9.82. The number of hydrogen-bond acceptors (Lipinski definition) is 2. The van der Waals surface area contributed by atoms with Crippen molar-refractivity contribution in [1.29, 1.82) is 0 Å². The van der Waals surface area contributed by atoms with E-state index >= 15 is 0 Å². The first kappa shape index (κ1) is 6.16. The third-order valence-electron chi connectivity index (χ3n) is 2.55. The zero-order valence-corrected chi connectivity index (χ0v) is 5.71. The van der Waals surface area contributed by atoms with Crippen LogP contribution in [0.1, 0.15) is 19.3 Å². The van der Waals surface area contributed by atoms with Crippen molar-refractivity contribution in [2.24, 2.45) is 5.92 Å². The Morgan fingerprint density at radius 3 is 2.50 bits per heavy atom. The third-order valence-corrected chi connectivity index (χ3v) is 2.55. The Labute approximate surface area is 59.4 Å². The molecule has 2 N–H and O–H groups in total. The molecule has 1 aliphatic heterocycles. The van der Waals surface area contributed by atoms with E-state index in [1.54, 1.807) is 0 Å². The second kappa shape index (κ2) is 1.95. The maximum absolute atomic E-state index is 10.4. The Hall–Kier alpha value is -0.570. The molecule has 2 unspecified atom stereocenters. The van der Waals surface area contributed by atoms with Crippen molar-refractivity contribution in [3.63, 3.8) is 0 Å². The first-order chi connectivity index (χ1) is 4.79. The highest BCUT2D eigenvalue weighted by molar-refractivity contribution is 5.78. The second-order valence-electron chi connectivity index (χ2n) is 3.20. The Kier molecular flexibility index (Phi) is 1.20. The highest BCUT2D eigenvalue weighted by Gasteiger charge is 2.48. The molecule has 3 nitrogen and oxygen atoms in total. The van der Waals surface area contributed by atoms with Gasteiger partial charge in [0.1, 0.15) is 6.04 Å². The van der Waals surface area contributed by atoms with Crippen LogP contribution in [0.3, 0.4) is 0 Å². The highest BCUT2D eigenvalue weighted by atomic mass is 16.4. The highest BCUT2D eigenvalue weighted by Crippen LogP contribution is 2.36. The van der Waals surface area contributed by atoms with E-state index in [1.807, 2.05) is 0 Å². The number of carboxylic acids is 1. The van der Waals surface area contributed by atoms with Crippen LogP contribution in [0.5, 0.6) is 0 Å². The molecule has 0 aromatic rings. The Morgan fingerprint density at radius 2 is 2.20 bits per heavy atom. The molecule has 2 aliphatic rings. The Bertz CT molecular complexity index is 165. The van der Waals surface area contributed by atoms with Crippen molar-refractivity contribution < 1.29 is 9.90 Å². The lowest BCUT2D eigenvalue weighted by Crippen LogP contribution is -2.21. The zero-order chi connectivity index (χ0) is 7.14. The molecule has 56 valence electrons. The summed E-state index contributed by atoms with van der Waals surface area (Å²) in [6.07, 6.45) is 3.73. The second-order valence-corrected chi connectivity index (χ2v) is 3.20. The molecular weight excluding hydrogens is 130 g/mol. The van der Waals surface area contributed by atoms with Crippen LogP contribution in [0.25, 0.3) is 0 Å². The molecule has 0 spiro atoms. The molecule has 2 rings (SSSR count). The molecule has 0 radical (unpaired) electrons. The van der Waals surface area contributed by atoms with Gasteiger partial charge in [0, 0.05) is 6.04 Å². The summed E-state index contributed by atoms with van der Waals surface area (Å²) >= 11 is 0. The van der Waals surface area contributed by atoms with Gasteiger partial charge in [-0.1, -0.05) is 6.42 Å². The van der Waals surface area contributed by atoms with Crippen LogP contribution >= 0.6 is 0 Å². The summed E-state index contributed by atoms with van der Waals surface area (Å²) < 4.78 is 0. The van der Waals surface area contributed by atoms with Gasteiger partial charge in [-0.15, -0.1) is 0 Å². The van der Waals surface area contributed by atoms with Crippen LogP contribution in [-0.2, 0) is 4.79 Å². The lowest BCUT2D eigenvalue weighted by Gasteiger charge is -2.23. The largest absolute Gasteiger partial charge is 0.480 e. The summed E-state index contributed by atoms with van der Waals surface area (Å²) in [6, 6.07) is 0.0940. The zero-order valence-electron chi connectivity index (χ0n) is 5.71. The van der Waals surface area contributed by atoms with Crippen LogP contribution in [0.2, 0.25) is 0 Å². The SMILES string of the molecule is O=C(O)C1NC1C1CCC1. The number of nitrogens with one attached hydrogen (secondary N) is 1. The van der Waals surface area contributed by atoms with Gasteiger partial charge < -0.3 is 5.11 Å². The van der Waals surface area contributed by atoms with Gasteiger partial charge in [-0.2, -0.15) is 0 Å². The minimum absolute atomic E-state index is 0.217. The van der Waals surface area contributed by atoms with E-state index in [2.05, 4.69) is 5.32 Å². The summed E-state index contributed by atoms with van der Waals surface area (Å²) in [6.45, 7) is 0. The van der Waals surface area contributed by atoms with Gasteiger partial charge in [0.15, 0.2) is 0 Å². The first-order valence-electron chi connectivity index (χ1n) is 3.78. The maximum Gasteiger partial charge on any atom is 0.322 e. The van der Waals surface area contributed by atoms with Crippen LogP contribution < -0.4 is 5.32 Å². The normalized spacial score (nSPS) is 38.8. The number of carbonyl (C=O) groups is 1. The van der Waals surface area contributed by atoms with Gasteiger partial charge in [-0.3, -0.25) is 10.1 Å². The number of rotatable bonds is 2. The number of aliphatic carboxylic acids is 1. The van der Waals surface area contributed by atoms with Crippen molar-refractivity contribution in [3.8, 4) is 0 Å². The van der Waals surface area contributed by atoms with Gasteiger partial charge >= 0.3 is 5.97 Å². The van der Waals surface area contributed by atoms with Crippen molar-refractivity contribution in [1.82, 2.24) is 5.32 Å². The van der Waals surface area contributed by atoms with Crippen LogP contribution in [0, 0.1) is 5.92 Å². The summed E-state index contributed by atoms with van der Waals surface area (Å²) in [5, 5.41) is 11.5. The third kappa shape index (κ3) is 0.814. The van der Waals surface area contributed by atoms with Crippen LogP contribution in [0.15, 0.2) is 0 Å². The van der Waals surface area contributed by atoms with Crippen molar-refractivity contribution in [2.75, 3.05) is 0 Å². The van der Waals surface area contributed by atoms with E-state index in [1.165, 1.54) is 19.3 Å². The molecule has 3 heteroatoms. The van der Waals surface area contributed by atoms with Gasteiger partial charge in [0.25, 0.3) is 0 Å².